The number of aliphatic imine (C=N–C) groups is 2. The van der Waals surface area contributed by atoms with Gasteiger partial charge in [0.05, 0.1) is 17.9 Å². The monoisotopic (exact) mass is 416 g/mol. The predicted octanol–water partition coefficient (Wildman–Crippen LogP) is 3.97. The van der Waals surface area contributed by atoms with Crippen molar-refractivity contribution in [1.29, 1.82) is 0 Å². The molecule has 0 bridgehead atoms. The zero-order valence-electron chi connectivity index (χ0n) is 16.1. The lowest BCUT2D eigenvalue weighted by molar-refractivity contribution is -0.659. The summed E-state index contributed by atoms with van der Waals surface area (Å²) in [6.07, 6.45) is 6.70. The van der Waals surface area contributed by atoms with Crippen LogP contribution in [0.5, 0.6) is 0 Å². The van der Waals surface area contributed by atoms with Crippen LogP contribution in [-0.4, -0.2) is 46.6 Å². The van der Waals surface area contributed by atoms with Crippen LogP contribution in [-0.2, 0) is 11.5 Å². The topological polar surface area (TPSA) is 76.2 Å². The van der Waals surface area contributed by atoms with Gasteiger partial charge in [0.15, 0.2) is 6.20 Å². The molecular weight excluding hydrogens is 394 g/mol. The zero-order valence-corrected chi connectivity index (χ0v) is 17.9. The van der Waals surface area contributed by atoms with Crippen LogP contribution < -0.4 is 5.32 Å². The van der Waals surface area contributed by atoms with E-state index in [4.69, 9.17) is 16.5 Å². The Hall–Kier alpha value is -2.33. The first-order chi connectivity index (χ1) is 13.3. The Morgan fingerprint density at radius 2 is 2.14 bits per heavy atom. The van der Waals surface area contributed by atoms with Crippen LogP contribution in [0.25, 0.3) is 10.9 Å². The number of hydrogen-bond acceptors (Lipinski definition) is 6. The number of rotatable bonds is 6. The van der Waals surface area contributed by atoms with Gasteiger partial charge in [0.2, 0.25) is 11.8 Å². The fourth-order valence-electron chi connectivity index (χ4n) is 2.81. The van der Waals surface area contributed by atoms with E-state index < -0.39 is 8.07 Å². The van der Waals surface area contributed by atoms with Gasteiger partial charge in [-0.05, 0) is 33.5 Å². The number of anilines is 1. The molecule has 8 nitrogen and oxygen atoms in total. The Labute approximate surface area is 169 Å². The molecule has 0 aliphatic carbocycles. The van der Waals surface area contributed by atoms with E-state index in [-0.39, 0.29) is 4.11 Å². The average molecular weight is 417 g/mol. The van der Waals surface area contributed by atoms with E-state index in [9.17, 15) is 0 Å². The predicted molar refractivity (Wildman–Crippen MR) is 116 cm³/mol. The van der Waals surface area contributed by atoms with Crippen molar-refractivity contribution in [2.24, 2.45) is 15.1 Å². The number of nitrogens with one attached hydrogen (secondary N) is 1. The third-order valence-electron chi connectivity index (χ3n) is 4.43. The van der Waals surface area contributed by atoms with Gasteiger partial charge in [-0.3, -0.25) is 4.99 Å². The highest BCUT2D eigenvalue weighted by Crippen LogP contribution is 2.26. The van der Waals surface area contributed by atoms with Crippen molar-refractivity contribution in [2.45, 2.75) is 32.4 Å². The van der Waals surface area contributed by atoms with Gasteiger partial charge in [0.25, 0.3) is 11.8 Å². The van der Waals surface area contributed by atoms with Gasteiger partial charge in [-0.1, -0.05) is 19.6 Å². The van der Waals surface area contributed by atoms with Crippen molar-refractivity contribution < 1.29 is 8.85 Å². The molecule has 0 spiro atoms. The van der Waals surface area contributed by atoms with Gasteiger partial charge in [-0.2, -0.15) is 5.10 Å². The number of nitrogens with zero attached hydrogens (tertiary/aromatic N) is 6. The lowest BCUT2D eigenvalue weighted by Crippen LogP contribution is -2.33. The summed E-state index contributed by atoms with van der Waals surface area (Å²) in [4.78, 5) is 8.44. The molecule has 3 heterocycles. The molecule has 146 valence electrons. The fraction of sp³-hybridized carbons (Fsp3) is 0.333. The third kappa shape index (κ3) is 4.07. The van der Waals surface area contributed by atoms with E-state index in [0.717, 1.165) is 29.2 Å². The lowest BCUT2D eigenvalue weighted by atomic mass is 10.2. The quantitative estimate of drug-likeness (QED) is 0.439. The van der Waals surface area contributed by atoms with Crippen molar-refractivity contribution >= 4 is 54.5 Å². The maximum Gasteiger partial charge on any atom is 0.300 e. The van der Waals surface area contributed by atoms with Crippen LogP contribution in [0.1, 0.15) is 0 Å². The van der Waals surface area contributed by atoms with Crippen LogP contribution in [0.15, 0.2) is 51.9 Å². The van der Waals surface area contributed by atoms with Crippen molar-refractivity contribution in [1.82, 2.24) is 9.78 Å². The SMILES string of the molecule is C[Si](C)(C)CCOCn1ncc2ccc(NC3=N[N+]4(Cl)C=CN=CC4=N3)cc21. The summed E-state index contributed by atoms with van der Waals surface area (Å²) >= 11 is 6.41. The summed E-state index contributed by atoms with van der Waals surface area (Å²) in [6.45, 7) is 8.22. The first-order valence-electron chi connectivity index (χ1n) is 9.12. The Morgan fingerprint density at radius 3 is 2.93 bits per heavy atom. The van der Waals surface area contributed by atoms with E-state index in [1.807, 2.05) is 29.1 Å². The molecule has 1 unspecified atom stereocenters. The number of aromatic nitrogens is 2. The first kappa shape index (κ1) is 19.0. The summed E-state index contributed by atoms with van der Waals surface area (Å²) < 4.78 is 7.45. The standard InChI is InChI=1S/C18H23ClN7OSi/c1-28(2,3)9-8-27-13-25-16-10-15(5-4-14(16)11-21-25)22-18-23-17-12-20-6-7-26(17,19)24-18/h4-7,10-12H,8-9,13H2,1-3H3,(H,22,24)/q+1. The molecule has 1 atom stereocenters. The Bertz CT molecular complexity index is 1020. The summed E-state index contributed by atoms with van der Waals surface area (Å²) in [5, 5.41) is 13.1. The van der Waals surface area contributed by atoms with Crippen molar-refractivity contribution in [3.05, 3.63) is 36.8 Å². The summed E-state index contributed by atoms with van der Waals surface area (Å²) in [6, 6.07) is 7.11. The smallest absolute Gasteiger partial charge is 0.300 e. The maximum absolute atomic E-state index is 6.41. The van der Waals surface area contributed by atoms with Gasteiger partial charge in [0, 0.05) is 25.8 Å². The number of amidine groups is 1. The van der Waals surface area contributed by atoms with Crippen LogP contribution in [0.3, 0.4) is 0 Å². The number of fused-ring (bicyclic) bond motifs is 2. The second-order valence-electron chi connectivity index (χ2n) is 7.96. The largest absolute Gasteiger partial charge is 0.360 e. The molecule has 1 aromatic carbocycles. The zero-order chi connectivity index (χ0) is 19.8. The molecule has 0 fully saturated rings. The fourth-order valence-corrected chi connectivity index (χ4v) is 3.77. The molecular formula is C18H23ClN7OSi+. The summed E-state index contributed by atoms with van der Waals surface area (Å²) in [5.74, 6) is 0.980. The van der Waals surface area contributed by atoms with Gasteiger partial charge >= 0.3 is 0 Å². The Kier molecular flexibility index (Phi) is 4.92. The Balaban J connectivity index is 1.48. The van der Waals surface area contributed by atoms with E-state index in [0.29, 0.717) is 18.5 Å². The molecule has 28 heavy (non-hydrogen) atoms. The van der Waals surface area contributed by atoms with Gasteiger partial charge in [-0.15, -0.1) is 4.99 Å². The minimum atomic E-state index is -1.10. The molecule has 2 aromatic rings. The third-order valence-corrected chi connectivity index (χ3v) is 6.50. The normalized spacial score (nSPS) is 21.0. The molecule has 0 radical (unpaired) electrons. The second-order valence-corrected chi connectivity index (χ2v) is 14.1. The van der Waals surface area contributed by atoms with Crippen LogP contribution in [0.2, 0.25) is 25.7 Å². The highest BCUT2D eigenvalue weighted by atomic mass is 35.5. The van der Waals surface area contributed by atoms with E-state index >= 15 is 0 Å². The molecule has 1 aromatic heterocycles. The molecule has 4 rings (SSSR count). The van der Waals surface area contributed by atoms with Crippen LogP contribution in [0, 0.1) is 0 Å². The van der Waals surface area contributed by atoms with Crippen molar-refractivity contribution in [2.75, 3.05) is 11.9 Å². The highest BCUT2D eigenvalue weighted by Gasteiger charge is 2.39. The van der Waals surface area contributed by atoms with Gasteiger partial charge in [-0.25, -0.2) is 4.68 Å². The lowest BCUT2D eigenvalue weighted by Gasteiger charge is -2.15. The maximum atomic E-state index is 6.41. The molecule has 10 heteroatoms. The number of ether oxygens (including phenoxy) is 1. The van der Waals surface area contributed by atoms with E-state index in [2.05, 4.69) is 45.1 Å². The number of halogens is 1. The minimum absolute atomic E-state index is 0.253. The molecule has 0 amide bonds. The summed E-state index contributed by atoms with van der Waals surface area (Å²) in [7, 11) is -1.10. The summed E-state index contributed by atoms with van der Waals surface area (Å²) in [5.41, 5.74) is 1.83. The van der Waals surface area contributed by atoms with E-state index in [1.54, 1.807) is 18.6 Å². The molecule has 2 aliphatic heterocycles. The molecule has 1 N–H and O–H groups in total. The van der Waals surface area contributed by atoms with E-state index in [1.165, 1.54) is 0 Å². The van der Waals surface area contributed by atoms with Crippen molar-refractivity contribution in [3.8, 4) is 0 Å². The molecule has 2 aliphatic rings. The van der Waals surface area contributed by atoms with Crippen LogP contribution in [0.4, 0.5) is 5.69 Å². The van der Waals surface area contributed by atoms with Gasteiger partial charge < -0.3 is 10.1 Å². The first-order valence-corrected chi connectivity index (χ1v) is 13.2. The van der Waals surface area contributed by atoms with Crippen molar-refractivity contribution in [3.63, 3.8) is 0 Å². The number of guanidine groups is 1. The highest BCUT2D eigenvalue weighted by molar-refractivity contribution is 6.76. The average Bonchev–Trinajstić information content (AvgIpc) is 3.17. The second kappa shape index (κ2) is 7.25. The van der Waals surface area contributed by atoms with Crippen LogP contribution >= 0.6 is 11.8 Å². The Morgan fingerprint density at radius 1 is 1.29 bits per heavy atom. The minimum Gasteiger partial charge on any atom is -0.360 e. The van der Waals surface area contributed by atoms with Gasteiger partial charge in [0.1, 0.15) is 12.9 Å². The molecule has 0 saturated heterocycles. The number of hydrogen-bond donors (Lipinski definition) is 1. The number of benzene rings is 1. The molecule has 0 saturated carbocycles. The number of quaternary nitrogens is 1.